The molecule has 5 aromatic carbocycles. The van der Waals surface area contributed by atoms with Gasteiger partial charge in [-0.05, 0) is 85.6 Å². The average molecular weight is 452 g/mol. The molecule has 1 N–H and O–H groups in total. The molecule has 5 aromatic rings. The molecular formula is C34H29N. The SMILES string of the molecule is CC1(C)c2cc(Nc3cccc4c3C(C)(C)c3ccccc3-4)ccc2-c2cc3ccccc3cc21. The van der Waals surface area contributed by atoms with Gasteiger partial charge in [0.2, 0.25) is 0 Å². The van der Waals surface area contributed by atoms with Crippen LogP contribution in [0.2, 0.25) is 0 Å². The van der Waals surface area contributed by atoms with E-state index in [1.807, 2.05) is 0 Å². The van der Waals surface area contributed by atoms with E-state index in [0.29, 0.717) is 0 Å². The van der Waals surface area contributed by atoms with Gasteiger partial charge in [0.05, 0.1) is 0 Å². The number of benzene rings is 5. The first-order chi connectivity index (χ1) is 16.9. The molecule has 0 saturated heterocycles. The van der Waals surface area contributed by atoms with Crippen LogP contribution in [0.5, 0.6) is 0 Å². The molecule has 170 valence electrons. The van der Waals surface area contributed by atoms with Crippen molar-refractivity contribution in [1.82, 2.24) is 0 Å². The van der Waals surface area contributed by atoms with E-state index in [9.17, 15) is 0 Å². The maximum absolute atomic E-state index is 3.82. The molecule has 0 radical (unpaired) electrons. The third-order valence-corrected chi connectivity index (χ3v) is 8.40. The smallest absolute Gasteiger partial charge is 0.0431 e. The number of nitrogens with one attached hydrogen (secondary N) is 1. The fourth-order valence-electron chi connectivity index (χ4n) is 6.61. The normalized spacial score (nSPS) is 15.9. The number of fused-ring (bicyclic) bond motifs is 7. The third-order valence-electron chi connectivity index (χ3n) is 8.40. The average Bonchev–Trinajstić information content (AvgIpc) is 3.23. The van der Waals surface area contributed by atoms with E-state index >= 15 is 0 Å². The Bertz CT molecular complexity index is 1670. The van der Waals surface area contributed by atoms with Gasteiger partial charge in [0.25, 0.3) is 0 Å². The van der Waals surface area contributed by atoms with Crippen molar-refractivity contribution in [3.05, 3.63) is 119 Å². The fourth-order valence-corrected chi connectivity index (χ4v) is 6.61. The van der Waals surface area contributed by atoms with Gasteiger partial charge in [-0.3, -0.25) is 0 Å². The van der Waals surface area contributed by atoms with Crippen LogP contribution in [0, 0.1) is 0 Å². The lowest BCUT2D eigenvalue weighted by molar-refractivity contribution is 0.660. The summed E-state index contributed by atoms with van der Waals surface area (Å²) >= 11 is 0. The molecule has 0 unspecified atom stereocenters. The highest BCUT2D eigenvalue weighted by atomic mass is 14.9. The van der Waals surface area contributed by atoms with Gasteiger partial charge < -0.3 is 5.32 Å². The van der Waals surface area contributed by atoms with Crippen molar-refractivity contribution in [3.63, 3.8) is 0 Å². The predicted octanol–water partition coefficient (Wildman–Crippen LogP) is 9.20. The van der Waals surface area contributed by atoms with Crippen LogP contribution in [0.25, 0.3) is 33.0 Å². The third kappa shape index (κ3) is 2.76. The van der Waals surface area contributed by atoms with Crippen LogP contribution < -0.4 is 5.32 Å². The van der Waals surface area contributed by atoms with Crippen LogP contribution >= 0.6 is 0 Å². The van der Waals surface area contributed by atoms with Gasteiger partial charge in [0.15, 0.2) is 0 Å². The second kappa shape index (κ2) is 6.86. The van der Waals surface area contributed by atoms with E-state index < -0.39 is 0 Å². The zero-order valence-electron chi connectivity index (χ0n) is 20.7. The Kier molecular flexibility index (Phi) is 4.02. The summed E-state index contributed by atoms with van der Waals surface area (Å²) in [6.07, 6.45) is 0. The van der Waals surface area contributed by atoms with Gasteiger partial charge in [-0.15, -0.1) is 0 Å². The van der Waals surface area contributed by atoms with Crippen molar-refractivity contribution in [3.8, 4) is 22.3 Å². The molecular weight excluding hydrogens is 422 g/mol. The van der Waals surface area contributed by atoms with Crippen molar-refractivity contribution in [1.29, 1.82) is 0 Å². The highest BCUT2D eigenvalue weighted by molar-refractivity contribution is 5.94. The van der Waals surface area contributed by atoms with Gasteiger partial charge in [-0.25, -0.2) is 0 Å². The summed E-state index contributed by atoms with van der Waals surface area (Å²) in [7, 11) is 0. The van der Waals surface area contributed by atoms with E-state index in [1.165, 1.54) is 61.0 Å². The minimum Gasteiger partial charge on any atom is -0.355 e. The minimum atomic E-state index is -0.0411. The van der Waals surface area contributed by atoms with Crippen LogP contribution in [0.1, 0.15) is 49.9 Å². The van der Waals surface area contributed by atoms with Crippen LogP contribution in [0.15, 0.2) is 97.1 Å². The van der Waals surface area contributed by atoms with E-state index in [1.54, 1.807) is 0 Å². The molecule has 2 aliphatic carbocycles. The Hall–Kier alpha value is -3.84. The second-order valence-electron chi connectivity index (χ2n) is 11.2. The van der Waals surface area contributed by atoms with Crippen LogP contribution in [-0.4, -0.2) is 0 Å². The highest BCUT2D eigenvalue weighted by Crippen LogP contribution is 2.53. The Balaban J connectivity index is 1.33. The summed E-state index contributed by atoms with van der Waals surface area (Å²) < 4.78 is 0. The van der Waals surface area contributed by atoms with Crippen LogP contribution in [0.3, 0.4) is 0 Å². The number of rotatable bonds is 2. The topological polar surface area (TPSA) is 12.0 Å². The Morgan fingerprint density at radius 1 is 0.486 bits per heavy atom. The molecule has 0 bridgehead atoms. The second-order valence-corrected chi connectivity index (χ2v) is 11.2. The van der Waals surface area contributed by atoms with E-state index in [-0.39, 0.29) is 10.8 Å². The molecule has 0 fully saturated rings. The molecule has 0 saturated carbocycles. The number of hydrogen-bond donors (Lipinski definition) is 1. The largest absolute Gasteiger partial charge is 0.355 e. The van der Waals surface area contributed by atoms with Crippen molar-refractivity contribution in [2.24, 2.45) is 0 Å². The lowest BCUT2D eigenvalue weighted by Gasteiger charge is -2.25. The van der Waals surface area contributed by atoms with Gasteiger partial charge in [0.1, 0.15) is 0 Å². The number of hydrogen-bond acceptors (Lipinski definition) is 1. The minimum absolute atomic E-state index is 0.0398. The summed E-state index contributed by atoms with van der Waals surface area (Å²) in [6.45, 7) is 9.40. The molecule has 1 nitrogen and oxygen atoms in total. The van der Waals surface area contributed by atoms with E-state index in [4.69, 9.17) is 0 Å². The first-order valence-corrected chi connectivity index (χ1v) is 12.5. The summed E-state index contributed by atoms with van der Waals surface area (Å²) in [4.78, 5) is 0. The van der Waals surface area contributed by atoms with Crippen LogP contribution in [-0.2, 0) is 10.8 Å². The molecule has 0 heterocycles. The van der Waals surface area contributed by atoms with Crippen LogP contribution in [0.4, 0.5) is 11.4 Å². The first kappa shape index (κ1) is 20.5. The zero-order chi connectivity index (χ0) is 23.9. The quantitative estimate of drug-likeness (QED) is 0.282. The summed E-state index contributed by atoms with van der Waals surface area (Å²) in [5.41, 5.74) is 13.3. The Morgan fingerprint density at radius 3 is 1.97 bits per heavy atom. The van der Waals surface area contributed by atoms with Gasteiger partial charge in [0, 0.05) is 22.2 Å². The molecule has 0 atom stereocenters. The van der Waals surface area contributed by atoms with Crippen molar-refractivity contribution in [2.75, 3.05) is 5.32 Å². The lowest BCUT2D eigenvalue weighted by Crippen LogP contribution is -2.17. The Labute approximate surface area is 207 Å². The zero-order valence-corrected chi connectivity index (χ0v) is 20.7. The monoisotopic (exact) mass is 451 g/mol. The van der Waals surface area contributed by atoms with Gasteiger partial charge in [-0.1, -0.05) is 94.4 Å². The van der Waals surface area contributed by atoms with Crippen molar-refractivity contribution in [2.45, 2.75) is 38.5 Å². The first-order valence-electron chi connectivity index (χ1n) is 12.5. The molecule has 0 aromatic heterocycles. The van der Waals surface area contributed by atoms with Crippen molar-refractivity contribution >= 4 is 22.1 Å². The van der Waals surface area contributed by atoms with Gasteiger partial charge in [-0.2, -0.15) is 0 Å². The maximum Gasteiger partial charge on any atom is 0.0431 e. The molecule has 0 amide bonds. The summed E-state index contributed by atoms with van der Waals surface area (Å²) in [6, 6.07) is 35.9. The summed E-state index contributed by atoms with van der Waals surface area (Å²) in [5.74, 6) is 0. The fraction of sp³-hybridized carbons (Fsp3) is 0.176. The standard InChI is InChI=1S/C34H29N/c1-33(2)29-19-22-11-6-5-10-21(22)18-27(29)25-17-16-23(20-30(25)33)35-31-15-9-13-26-24-12-7-8-14-28(24)34(3,4)32(26)31/h5-20,35H,1-4H3. The van der Waals surface area contributed by atoms with Gasteiger partial charge >= 0.3 is 0 Å². The summed E-state index contributed by atoms with van der Waals surface area (Å²) in [5, 5.41) is 6.44. The lowest BCUT2D eigenvalue weighted by atomic mass is 9.81. The molecule has 7 rings (SSSR count). The molecule has 0 aliphatic heterocycles. The molecule has 1 heteroatoms. The predicted molar refractivity (Wildman–Crippen MR) is 149 cm³/mol. The highest BCUT2D eigenvalue weighted by Gasteiger charge is 2.38. The molecule has 2 aliphatic rings. The van der Waals surface area contributed by atoms with E-state index in [0.717, 1.165) is 5.69 Å². The maximum atomic E-state index is 3.82. The Morgan fingerprint density at radius 2 is 1.14 bits per heavy atom. The molecule has 35 heavy (non-hydrogen) atoms. The number of anilines is 2. The molecule has 0 spiro atoms. The van der Waals surface area contributed by atoms with E-state index in [2.05, 4.69) is 130 Å². The van der Waals surface area contributed by atoms with Crippen molar-refractivity contribution < 1.29 is 0 Å².